The Morgan fingerprint density at radius 2 is 2.00 bits per heavy atom. The summed E-state index contributed by atoms with van der Waals surface area (Å²) in [6.07, 6.45) is 0.712. The maximum absolute atomic E-state index is 5.65. The predicted octanol–water partition coefficient (Wildman–Crippen LogP) is 3.57. The van der Waals surface area contributed by atoms with Crippen molar-refractivity contribution >= 4 is 11.3 Å². The maximum Gasteiger partial charge on any atom is 0.155 e. The fraction of sp³-hybridized carbons (Fsp3) is 0.400. The molecule has 0 amide bonds. The van der Waals surface area contributed by atoms with Gasteiger partial charge in [-0.15, -0.1) is 11.3 Å². The molecule has 0 bridgehead atoms. The normalized spacial score (nSPS) is 12.5. The number of nitrogens with zero attached hydrogens (tertiary/aromatic N) is 1. The lowest BCUT2D eigenvalue weighted by atomic mass is 10.2. The van der Waals surface area contributed by atoms with E-state index in [4.69, 9.17) is 9.47 Å². The lowest BCUT2D eigenvalue weighted by Crippen LogP contribution is -2.14. The number of aromatic nitrogens is 1. The maximum atomic E-state index is 5.65. The molecule has 1 unspecified atom stereocenters. The van der Waals surface area contributed by atoms with E-state index in [9.17, 15) is 0 Å². The Hall–Kier alpha value is -1.23. The van der Waals surface area contributed by atoms with E-state index >= 15 is 0 Å². The monoisotopic (exact) mass is 277 g/mol. The Balaban J connectivity index is 1.65. The Morgan fingerprint density at radius 3 is 2.68 bits per heavy atom. The first-order valence-corrected chi connectivity index (χ1v) is 7.30. The average molecular weight is 277 g/mol. The summed E-state index contributed by atoms with van der Waals surface area (Å²) < 4.78 is 11.3. The minimum atomic E-state index is -0.187. The molecular weight excluding hydrogens is 258 g/mol. The Morgan fingerprint density at radius 1 is 1.21 bits per heavy atom. The second-order valence-electron chi connectivity index (χ2n) is 4.35. The number of hydrogen-bond donors (Lipinski definition) is 0. The Kier molecular flexibility index (Phi) is 5.51. The molecule has 0 saturated heterocycles. The summed E-state index contributed by atoms with van der Waals surface area (Å²) in [5.74, 6) is 0. The van der Waals surface area contributed by atoms with Gasteiger partial charge in [-0.25, -0.2) is 4.98 Å². The van der Waals surface area contributed by atoms with Gasteiger partial charge in [-0.1, -0.05) is 30.3 Å². The van der Waals surface area contributed by atoms with Crippen LogP contribution in [0.5, 0.6) is 0 Å². The molecular formula is C15H19NO2S. The van der Waals surface area contributed by atoms with Crippen LogP contribution in [0.15, 0.2) is 35.8 Å². The molecule has 0 radical (unpaired) electrons. The van der Waals surface area contributed by atoms with Crippen LogP contribution in [0.4, 0.5) is 0 Å². The first kappa shape index (κ1) is 14.2. The standard InChI is InChI=1S/C15H19NO2S/c1-12-15(19-11-16-12)8-9-17-13(2)18-10-14-6-4-3-5-7-14/h3-7,11,13H,8-10H2,1-2H3. The van der Waals surface area contributed by atoms with Gasteiger partial charge in [-0.3, -0.25) is 0 Å². The minimum Gasteiger partial charge on any atom is -0.353 e. The van der Waals surface area contributed by atoms with Crippen LogP contribution in [0.25, 0.3) is 0 Å². The van der Waals surface area contributed by atoms with E-state index in [1.54, 1.807) is 11.3 Å². The van der Waals surface area contributed by atoms with Gasteiger partial charge in [0.1, 0.15) is 0 Å². The van der Waals surface area contributed by atoms with Crippen molar-refractivity contribution in [3.63, 3.8) is 0 Å². The van der Waals surface area contributed by atoms with Crippen LogP contribution in [0.1, 0.15) is 23.1 Å². The third kappa shape index (κ3) is 4.74. The van der Waals surface area contributed by atoms with Gasteiger partial charge < -0.3 is 9.47 Å². The van der Waals surface area contributed by atoms with Gasteiger partial charge in [0.25, 0.3) is 0 Å². The number of thiazole rings is 1. The molecule has 0 aliphatic heterocycles. The topological polar surface area (TPSA) is 31.4 Å². The predicted molar refractivity (Wildman–Crippen MR) is 77.2 cm³/mol. The van der Waals surface area contributed by atoms with Crippen molar-refractivity contribution < 1.29 is 9.47 Å². The lowest BCUT2D eigenvalue weighted by Gasteiger charge is -2.14. The van der Waals surface area contributed by atoms with Crippen molar-refractivity contribution in [2.75, 3.05) is 6.61 Å². The second kappa shape index (κ2) is 7.38. The van der Waals surface area contributed by atoms with Crippen LogP contribution >= 0.6 is 11.3 Å². The molecule has 0 spiro atoms. The van der Waals surface area contributed by atoms with E-state index < -0.39 is 0 Å². The van der Waals surface area contributed by atoms with Crippen molar-refractivity contribution in [2.24, 2.45) is 0 Å². The van der Waals surface area contributed by atoms with Gasteiger partial charge in [0, 0.05) is 11.3 Å². The Labute approximate surface area is 118 Å². The third-order valence-electron chi connectivity index (χ3n) is 2.85. The third-order valence-corrected chi connectivity index (χ3v) is 3.85. The molecule has 0 aliphatic carbocycles. The summed E-state index contributed by atoms with van der Waals surface area (Å²) in [6, 6.07) is 10.1. The lowest BCUT2D eigenvalue weighted by molar-refractivity contribution is -0.136. The molecule has 102 valence electrons. The molecule has 0 N–H and O–H groups in total. The summed E-state index contributed by atoms with van der Waals surface area (Å²) in [7, 11) is 0. The molecule has 2 rings (SSSR count). The summed E-state index contributed by atoms with van der Waals surface area (Å²) in [5.41, 5.74) is 4.14. The van der Waals surface area contributed by atoms with Crippen molar-refractivity contribution in [2.45, 2.75) is 33.2 Å². The fourth-order valence-electron chi connectivity index (χ4n) is 1.72. The van der Waals surface area contributed by atoms with E-state index in [0.717, 1.165) is 17.7 Å². The Bertz CT molecular complexity index is 484. The summed E-state index contributed by atoms with van der Waals surface area (Å²) in [4.78, 5) is 5.51. The quantitative estimate of drug-likeness (QED) is 0.725. The molecule has 0 aliphatic rings. The smallest absolute Gasteiger partial charge is 0.155 e. The van der Waals surface area contributed by atoms with E-state index in [2.05, 4.69) is 4.98 Å². The molecule has 1 aromatic carbocycles. The minimum absolute atomic E-state index is 0.187. The number of ether oxygens (including phenoxy) is 2. The van der Waals surface area contributed by atoms with Gasteiger partial charge in [0.05, 0.1) is 24.4 Å². The van der Waals surface area contributed by atoms with Gasteiger partial charge in [-0.05, 0) is 19.4 Å². The largest absolute Gasteiger partial charge is 0.353 e. The summed E-state index contributed by atoms with van der Waals surface area (Å²) >= 11 is 1.68. The second-order valence-corrected chi connectivity index (χ2v) is 5.29. The van der Waals surface area contributed by atoms with Crippen LogP contribution in [0.3, 0.4) is 0 Å². The molecule has 0 fully saturated rings. The molecule has 3 nitrogen and oxygen atoms in total. The molecule has 0 saturated carbocycles. The van der Waals surface area contributed by atoms with E-state index in [1.165, 1.54) is 4.88 Å². The van der Waals surface area contributed by atoms with Crippen LogP contribution in [0, 0.1) is 6.92 Å². The van der Waals surface area contributed by atoms with Crippen LogP contribution in [-0.4, -0.2) is 17.9 Å². The number of benzene rings is 1. The zero-order valence-electron chi connectivity index (χ0n) is 11.3. The highest BCUT2D eigenvalue weighted by molar-refractivity contribution is 7.09. The van der Waals surface area contributed by atoms with E-state index in [-0.39, 0.29) is 6.29 Å². The van der Waals surface area contributed by atoms with Gasteiger partial charge >= 0.3 is 0 Å². The fourth-order valence-corrected chi connectivity index (χ4v) is 2.48. The number of rotatable bonds is 7. The van der Waals surface area contributed by atoms with Crippen molar-refractivity contribution in [1.82, 2.24) is 4.98 Å². The molecule has 2 aromatic rings. The zero-order valence-corrected chi connectivity index (χ0v) is 12.2. The average Bonchev–Trinajstić information content (AvgIpc) is 2.83. The van der Waals surface area contributed by atoms with Crippen molar-refractivity contribution in [3.05, 3.63) is 52.0 Å². The van der Waals surface area contributed by atoms with Crippen LogP contribution in [-0.2, 0) is 22.5 Å². The van der Waals surface area contributed by atoms with E-state index in [1.807, 2.05) is 49.7 Å². The van der Waals surface area contributed by atoms with Crippen LogP contribution < -0.4 is 0 Å². The molecule has 1 heterocycles. The van der Waals surface area contributed by atoms with Crippen LogP contribution in [0.2, 0.25) is 0 Å². The molecule has 1 atom stereocenters. The first-order chi connectivity index (χ1) is 9.25. The number of hydrogen-bond acceptors (Lipinski definition) is 4. The number of aryl methyl sites for hydroxylation is 1. The van der Waals surface area contributed by atoms with Gasteiger partial charge in [-0.2, -0.15) is 0 Å². The molecule has 1 aromatic heterocycles. The van der Waals surface area contributed by atoms with E-state index in [0.29, 0.717) is 13.2 Å². The SMILES string of the molecule is Cc1ncsc1CCOC(C)OCc1ccccc1. The zero-order chi connectivity index (χ0) is 13.5. The van der Waals surface area contributed by atoms with Crippen molar-refractivity contribution in [3.8, 4) is 0 Å². The van der Waals surface area contributed by atoms with Gasteiger partial charge in [0.15, 0.2) is 6.29 Å². The molecule has 19 heavy (non-hydrogen) atoms. The highest BCUT2D eigenvalue weighted by Crippen LogP contribution is 2.13. The summed E-state index contributed by atoms with van der Waals surface area (Å²) in [6.45, 7) is 5.21. The highest BCUT2D eigenvalue weighted by Gasteiger charge is 2.05. The first-order valence-electron chi connectivity index (χ1n) is 6.42. The highest BCUT2D eigenvalue weighted by atomic mass is 32.1. The van der Waals surface area contributed by atoms with Crippen molar-refractivity contribution in [1.29, 1.82) is 0 Å². The van der Waals surface area contributed by atoms with Gasteiger partial charge in [0.2, 0.25) is 0 Å². The molecule has 4 heteroatoms. The summed E-state index contributed by atoms with van der Waals surface area (Å²) in [5, 5.41) is 0.